The molecule has 1 N–H and O–H groups in total. The SMILES string of the molecule is COC(=O)CC1(NC(=O)CCc2ncc(-c3ccc(S(C)(=O)=O)cc3)o2)CCCCC1. The summed E-state index contributed by atoms with van der Waals surface area (Å²) in [4.78, 5) is 28.9. The van der Waals surface area contributed by atoms with Gasteiger partial charge in [-0.2, -0.15) is 0 Å². The van der Waals surface area contributed by atoms with E-state index >= 15 is 0 Å². The van der Waals surface area contributed by atoms with E-state index in [1.54, 1.807) is 18.3 Å². The lowest BCUT2D eigenvalue weighted by Crippen LogP contribution is -2.51. The number of aromatic nitrogens is 1. The Kier molecular flexibility index (Phi) is 7.15. The summed E-state index contributed by atoms with van der Waals surface area (Å²) in [5, 5.41) is 3.06. The number of rotatable bonds is 8. The average Bonchev–Trinajstić information content (AvgIpc) is 3.21. The summed E-state index contributed by atoms with van der Waals surface area (Å²) < 4.78 is 33.7. The normalized spacial score (nSPS) is 15.9. The Balaban J connectivity index is 1.59. The lowest BCUT2D eigenvalue weighted by Gasteiger charge is -2.37. The fourth-order valence-electron chi connectivity index (χ4n) is 3.93. The molecule has 0 bridgehead atoms. The fourth-order valence-corrected chi connectivity index (χ4v) is 4.56. The Morgan fingerprint density at radius 3 is 2.45 bits per heavy atom. The number of carbonyl (C=O) groups excluding carboxylic acids is 2. The van der Waals surface area contributed by atoms with Gasteiger partial charge < -0.3 is 14.5 Å². The van der Waals surface area contributed by atoms with Crippen LogP contribution in [0.4, 0.5) is 0 Å². The minimum Gasteiger partial charge on any atom is -0.469 e. The fraction of sp³-hybridized carbons (Fsp3) is 0.500. The molecule has 31 heavy (non-hydrogen) atoms. The molecule has 1 amide bonds. The Bertz CT molecular complexity index is 1020. The molecule has 9 heteroatoms. The van der Waals surface area contributed by atoms with E-state index in [-0.39, 0.29) is 29.6 Å². The Morgan fingerprint density at radius 1 is 1.16 bits per heavy atom. The van der Waals surface area contributed by atoms with Crippen molar-refractivity contribution in [2.75, 3.05) is 13.4 Å². The number of nitrogens with zero attached hydrogens (tertiary/aromatic N) is 1. The van der Waals surface area contributed by atoms with Crippen molar-refractivity contribution < 1.29 is 27.2 Å². The number of hydrogen-bond acceptors (Lipinski definition) is 7. The molecule has 0 atom stereocenters. The number of amides is 1. The summed E-state index contributed by atoms with van der Waals surface area (Å²) in [7, 11) is -1.90. The summed E-state index contributed by atoms with van der Waals surface area (Å²) in [6, 6.07) is 6.36. The zero-order valence-electron chi connectivity index (χ0n) is 17.8. The van der Waals surface area contributed by atoms with Gasteiger partial charge in [0.15, 0.2) is 21.5 Å². The lowest BCUT2D eigenvalue weighted by molar-refractivity contribution is -0.143. The smallest absolute Gasteiger partial charge is 0.307 e. The minimum absolute atomic E-state index is 0.150. The van der Waals surface area contributed by atoms with E-state index in [0.29, 0.717) is 23.6 Å². The molecule has 1 aromatic carbocycles. The number of sulfone groups is 1. The van der Waals surface area contributed by atoms with Gasteiger partial charge in [0.05, 0.1) is 30.2 Å². The molecule has 3 rings (SSSR count). The van der Waals surface area contributed by atoms with Crippen molar-refractivity contribution in [1.29, 1.82) is 0 Å². The first-order valence-electron chi connectivity index (χ1n) is 10.3. The van der Waals surface area contributed by atoms with Gasteiger partial charge >= 0.3 is 5.97 Å². The van der Waals surface area contributed by atoms with Crippen molar-refractivity contribution in [2.24, 2.45) is 0 Å². The molecular weight excluding hydrogens is 420 g/mol. The van der Waals surface area contributed by atoms with Crippen LogP contribution in [0.1, 0.15) is 50.8 Å². The number of aryl methyl sites for hydroxylation is 1. The van der Waals surface area contributed by atoms with Gasteiger partial charge in [-0.05, 0) is 37.1 Å². The second-order valence-electron chi connectivity index (χ2n) is 8.06. The van der Waals surface area contributed by atoms with Crippen LogP contribution in [0.5, 0.6) is 0 Å². The number of methoxy groups -OCH3 is 1. The van der Waals surface area contributed by atoms with Crippen LogP contribution in [-0.4, -0.2) is 44.2 Å². The molecule has 2 aromatic rings. The van der Waals surface area contributed by atoms with Crippen LogP contribution in [0.15, 0.2) is 39.8 Å². The summed E-state index contributed by atoms with van der Waals surface area (Å²) in [5.41, 5.74) is 0.167. The van der Waals surface area contributed by atoms with Gasteiger partial charge in [0.1, 0.15) is 0 Å². The first-order valence-corrected chi connectivity index (χ1v) is 12.2. The van der Waals surface area contributed by atoms with E-state index in [9.17, 15) is 18.0 Å². The van der Waals surface area contributed by atoms with Crippen LogP contribution in [-0.2, 0) is 30.6 Å². The third-order valence-electron chi connectivity index (χ3n) is 5.61. The number of esters is 1. The van der Waals surface area contributed by atoms with Crippen LogP contribution in [0.2, 0.25) is 0 Å². The third kappa shape index (κ3) is 6.16. The number of ether oxygens (including phenoxy) is 1. The van der Waals surface area contributed by atoms with Crippen molar-refractivity contribution in [2.45, 2.75) is 61.8 Å². The highest BCUT2D eigenvalue weighted by atomic mass is 32.2. The van der Waals surface area contributed by atoms with Crippen molar-refractivity contribution in [3.8, 4) is 11.3 Å². The number of hydrogen-bond donors (Lipinski definition) is 1. The highest BCUT2D eigenvalue weighted by Crippen LogP contribution is 2.31. The molecule has 1 aliphatic rings. The Morgan fingerprint density at radius 2 is 1.84 bits per heavy atom. The molecule has 168 valence electrons. The van der Waals surface area contributed by atoms with Crippen molar-refractivity contribution in [3.05, 3.63) is 36.4 Å². The van der Waals surface area contributed by atoms with Crippen molar-refractivity contribution >= 4 is 21.7 Å². The standard InChI is InChI=1S/C22H28N2O6S/c1-29-21(26)14-22(12-4-3-5-13-22)24-19(25)10-11-20-23-15-18(30-20)16-6-8-17(9-7-16)31(2,27)28/h6-9,15H,3-5,10-14H2,1-2H3,(H,24,25). The van der Waals surface area contributed by atoms with E-state index in [4.69, 9.17) is 9.15 Å². The van der Waals surface area contributed by atoms with Crippen molar-refractivity contribution in [3.63, 3.8) is 0 Å². The quantitative estimate of drug-likeness (QED) is 0.617. The van der Waals surface area contributed by atoms with Gasteiger partial charge in [-0.1, -0.05) is 19.3 Å². The topological polar surface area (TPSA) is 116 Å². The van der Waals surface area contributed by atoms with Crippen LogP contribution in [0.3, 0.4) is 0 Å². The highest BCUT2D eigenvalue weighted by molar-refractivity contribution is 7.90. The van der Waals surface area contributed by atoms with Gasteiger partial charge in [0.25, 0.3) is 0 Å². The van der Waals surface area contributed by atoms with Crippen molar-refractivity contribution in [1.82, 2.24) is 10.3 Å². The highest BCUT2D eigenvalue weighted by Gasteiger charge is 2.36. The summed E-state index contributed by atoms with van der Waals surface area (Å²) in [6.45, 7) is 0. The molecule has 0 unspecified atom stereocenters. The summed E-state index contributed by atoms with van der Waals surface area (Å²) >= 11 is 0. The first kappa shape index (κ1) is 23.0. The first-order chi connectivity index (χ1) is 14.7. The maximum atomic E-state index is 12.6. The molecule has 1 heterocycles. The van der Waals surface area contributed by atoms with Gasteiger partial charge in [-0.15, -0.1) is 0 Å². The number of oxazole rings is 1. The van der Waals surface area contributed by atoms with E-state index in [1.165, 1.54) is 19.2 Å². The molecule has 1 aliphatic carbocycles. The van der Waals surface area contributed by atoms with E-state index in [0.717, 1.165) is 38.4 Å². The summed E-state index contributed by atoms with van der Waals surface area (Å²) in [6.07, 6.45) is 7.98. The van der Waals surface area contributed by atoms with E-state index in [2.05, 4.69) is 10.3 Å². The maximum Gasteiger partial charge on any atom is 0.307 e. The third-order valence-corrected chi connectivity index (χ3v) is 6.74. The molecule has 1 fully saturated rings. The molecule has 0 saturated heterocycles. The second kappa shape index (κ2) is 9.64. The second-order valence-corrected chi connectivity index (χ2v) is 10.1. The average molecular weight is 449 g/mol. The van der Waals surface area contributed by atoms with Crippen LogP contribution < -0.4 is 5.32 Å². The number of nitrogens with one attached hydrogen (secondary N) is 1. The minimum atomic E-state index is -3.26. The van der Waals surface area contributed by atoms with E-state index in [1.807, 2.05) is 0 Å². The van der Waals surface area contributed by atoms with Gasteiger partial charge in [0.2, 0.25) is 5.91 Å². The van der Waals surface area contributed by atoms with Crippen LogP contribution in [0.25, 0.3) is 11.3 Å². The van der Waals surface area contributed by atoms with Gasteiger partial charge in [-0.3, -0.25) is 9.59 Å². The summed E-state index contributed by atoms with van der Waals surface area (Å²) in [5.74, 6) is 0.456. The van der Waals surface area contributed by atoms with E-state index < -0.39 is 15.4 Å². The Hall–Kier alpha value is -2.68. The molecule has 8 nitrogen and oxygen atoms in total. The molecule has 0 aliphatic heterocycles. The molecule has 0 spiro atoms. The molecular formula is C22H28N2O6S. The predicted octanol–water partition coefficient (Wildman–Crippen LogP) is 3.06. The van der Waals surface area contributed by atoms with Crippen LogP contribution >= 0.6 is 0 Å². The number of carbonyl (C=O) groups is 2. The maximum absolute atomic E-state index is 12.6. The predicted molar refractivity (Wildman–Crippen MR) is 114 cm³/mol. The monoisotopic (exact) mass is 448 g/mol. The van der Waals surface area contributed by atoms with Gasteiger partial charge in [0, 0.05) is 24.7 Å². The lowest BCUT2D eigenvalue weighted by atomic mass is 9.79. The zero-order chi connectivity index (χ0) is 22.5. The Labute approximate surface area is 182 Å². The number of benzene rings is 1. The molecule has 1 aromatic heterocycles. The molecule has 1 saturated carbocycles. The zero-order valence-corrected chi connectivity index (χ0v) is 18.7. The van der Waals surface area contributed by atoms with Gasteiger partial charge in [-0.25, -0.2) is 13.4 Å². The largest absolute Gasteiger partial charge is 0.469 e. The molecule has 0 radical (unpaired) electrons. The van der Waals surface area contributed by atoms with Crippen LogP contribution in [0, 0.1) is 0 Å².